The second kappa shape index (κ2) is 6.17. The molecule has 0 aliphatic rings. The van der Waals surface area contributed by atoms with Crippen molar-refractivity contribution < 1.29 is 13.2 Å². The van der Waals surface area contributed by atoms with Crippen molar-refractivity contribution in [2.45, 2.75) is 13.5 Å². The van der Waals surface area contributed by atoms with E-state index < -0.39 is 10.0 Å². The normalized spacial score (nSPS) is 11.6. The molecule has 9 nitrogen and oxygen atoms in total. The molecule has 0 aliphatic heterocycles. The number of aryl methyl sites for hydroxylation is 1. The van der Waals surface area contributed by atoms with Crippen molar-refractivity contribution in [3.63, 3.8) is 0 Å². The van der Waals surface area contributed by atoms with Crippen LogP contribution in [0.1, 0.15) is 5.01 Å². The van der Waals surface area contributed by atoms with Crippen LogP contribution in [0.2, 0.25) is 0 Å². The van der Waals surface area contributed by atoms with Crippen molar-refractivity contribution in [2.24, 2.45) is 0 Å². The molecule has 3 rings (SSSR count). The Morgan fingerprint density at radius 3 is 2.92 bits per heavy atom. The van der Waals surface area contributed by atoms with Gasteiger partial charge in [0.1, 0.15) is 6.54 Å². The fraction of sp³-hybridized carbons (Fsp3) is 0.231. The van der Waals surface area contributed by atoms with Gasteiger partial charge in [0, 0.05) is 5.69 Å². The van der Waals surface area contributed by atoms with E-state index in [1.165, 1.54) is 10.9 Å². The van der Waals surface area contributed by atoms with E-state index in [-0.39, 0.29) is 18.3 Å². The maximum absolute atomic E-state index is 12.1. The highest BCUT2D eigenvalue weighted by molar-refractivity contribution is 7.92. The number of carbonyl (C=O) groups is 1. The highest BCUT2D eigenvalue weighted by atomic mass is 32.2. The summed E-state index contributed by atoms with van der Waals surface area (Å²) in [6.45, 7) is 1.84. The summed E-state index contributed by atoms with van der Waals surface area (Å²) >= 11 is 1.55. The van der Waals surface area contributed by atoms with E-state index in [9.17, 15) is 13.2 Å². The smallest absolute Gasteiger partial charge is 0.246 e. The molecule has 24 heavy (non-hydrogen) atoms. The van der Waals surface area contributed by atoms with Gasteiger partial charge in [-0.1, -0.05) is 5.21 Å². The first-order chi connectivity index (χ1) is 11.3. The molecule has 0 radical (unpaired) electrons. The summed E-state index contributed by atoms with van der Waals surface area (Å²) in [6.07, 6.45) is 2.35. The van der Waals surface area contributed by atoms with Gasteiger partial charge in [0.2, 0.25) is 15.9 Å². The van der Waals surface area contributed by atoms with Crippen LogP contribution in [0.5, 0.6) is 0 Å². The number of benzene rings is 1. The maximum Gasteiger partial charge on any atom is 0.246 e. The highest BCUT2D eigenvalue weighted by Crippen LogP contribution is 2.24. The minimum absolute atomic E-state index is 0.0619. The molecule has 0 saturated heterocycles. The molecule has 2 N–H and O–H groups in total. The third kappa shape index (κ3) is 4.06. The predicted octanol–water partition coefficient (Wildman–Crippen LogP) is 1.21. The fourth-order valence-corrected chi connectivity index (χ4v) is 3.42. The second-order valence-corrected chi connectivity index (χ2v) is 8.12. The highest BCUT2D eigenvalue weighted by Gasteiger charge is 2.10. The van der Waals surface area contributed by atoms with Gasteiger partial charge in [0.15, 0.2) is 5.82 Å². The molecule has 126 valence electrons. The van der Waals surface area contributed by atoms with Crippen LogP contribution in [0, 0.1) is 6.92 Å². The molecule has 0 bridgehead atoms. The zero-order valence-electron chi connectivity index (χ0n) is 12.8. The molecule has 2 heterocycles. The number of fused-ring (bicyclic) bond motifs is 1. The number of nitrogens with zero attached hydrogens (tertiary/aromatic N) is 4. The van der Waals surface area contributed by atoms with Crippen LogP contribution < -0.4 is 10.0 Å². The first kappa shape index (κ1) is 16.3. The summed E-state index contributed by atoms with van der Waals surface area (Å²) in [7, 11) is -3.43. The van der Waals surface area contributed by atoms with Crippen LogP contribution >= 0.6 is 11.3 Å². The van der Waals surface area contributed by atoms with E-state index in [2.05, 4.69) is 25.3 Å². The standard InChI is InChI=1S/C13H14N6O3S2/c1-8-14-10-4-3-9(5-11(10)23-8)15-13(20)7-19-6-12(16-18-19)17-24(2,21)22/h3-6,17H,7H2,1-2H3,(H,15,20). The summed E-state index contributed by atoms with van der Waals surface area (Å²) in [5.41, 5.74) is 1.55. The van der Waals surface area contributed by atoms with E-state index in [4.69, 9.17) is 0 Å². The zero-order chi connectivity index (χ0) is 17.3. The van der Waals surface area contributed by atoms with Crippen LogP contribution in [-0.4, -0.2) is 40.6 Å². The molecule has 0 atom stereocenters. The SMILES string of the molecule is Cc1nc2ccc(NC(=O)Cn3cc(NS(C)(=O)=O)nn3)cc2s1. The first-order valence-corrected chi connectivity index (χ1v) is 9.54. The summed E-state index contributed by atoms with van der Waals surface area (Å²) in [5.74, 6) is -0.238. The molecule has 11 heteroatoms. The van der Waals surface area contributed by atoms with Crippen molar-refractivity contribution in [1.82, 2.24) is 20.0 Å². The number of sulfonamides is 1. The Kier molecular flexibility index (Phi) is 4.20. The monoisotopic (exact) mass is 366 g/mol. The average Bonchev–Trinajstić information content (AvgIpc) is 3.01. The van der Waals surface area contributed by atoms with Gasteiger partial charge in [0.25, 0.3) is 0 Å². The summed E-state index contributed by atoms with van der Waals surface area (Å²) < 4.78 is 26.6. The Bertz CT molecular complexity index is 1010. The topological polar surface area (TPSA) is 119 Å². The maximum atomic E-state index is 12.1. The molecular weight excluding hydrogens is 352 g/mol. The van der Waals surface area contributed by atoms with E-state index in [0.717, 1.165) is 21.5 Å². The number of rotatable bonds is 5. The number of aromatic nitrogens is 4. The van der Waals surface area contributed by atoms with Crippen molar-refractivity contribution in [1.29, 1.82) is 0 Å². The van der Waals surface area contributed by atoms with E-state index >= 15 is 0 Å². The molecule has 0 unspecified atom stereocenters. The lowest BCUT2D eigenvalue weighted by atomic mass is 10.3. The van der Waals surface area contributed by atoms with Crippen molar-refractivity contribution in [3.8, 4) is 0 Å². The quantitative estimate of drug-likeness (QED) is 0.700. The number of thiazole rings is 1. The molecule has 0 spiro atoms. The van der Waals surface area contributed by atoms with Crippen LogP contribution in [0.25, 0.3) is 10.2 Å². The van der Waals surface area contributed by atoms with Gasteiger partial charge in [-0.3, -0.25) is 9.52 Å². The molecule has 2 aromatic heterocycles. The lowest BCUT2D eigenvalue weighted by Gasteiger charge is -2.04. The van der Waals surface area contributed by atoms with Gasteiger partial charge in [-0.25, -0.2) is 18.1 Å². The first-order valence-electron chi connectivity index (χ1n) is 6.83. The lowest BCUT2D eigenvalue weighted by molar-refractivity contribution is -0.116. The van der Waals surface area contributed by atoms with Gasteiger partial charge in [-0.05, 0) is 25.1 Å². The summed E-state index contributed by atoms with van der Waals surface area (Å²) in [4.78, 5) is 16.4. The molecule has 0 aliphatic carbocycles. The van der Waals surface area contributed by atoms with Crippen LogP contribution in [0.3, 0.4) is 0 Å². The average molecular weight is 366 g/mol. The minimum Gasteiger partial charge on any atom is -0.324 e. The molecule has 0 fully saturated rings. The van der Waals surface area contributed by atoms with Gasteiger partial charge in [-0.15, -0.1) is 16.4 Å². The number of hydrogen-bond donors (Lipinski definition) is 2. The molecule has 1 amide bonds. The van der Waals surface area contributed by atoms with Gasteiger partial charge in [0.05, 0.1) is 27.7 Å². The van der Waals surface area contributed by atoms with Gasteiger partial charge in [-0.2, -0.15) is 0 Å². The number of amides is 1. The van der Waals surface area contributed by atoms with Crippen LogP contribution in [-0.2, 0) is 21.4 Å². The predicted molar refractivity (Wildman–Crippen MR) is 91.5 cm³/mol. The Labute approximate surface area is 141 Å². The molecule has 1 aromatic carbocycles. The number of nitrogens with one attached hydrogen (secondary N) is 2. The van der Waals surface area contributed by atoms with Crippen molar-refractivity contribution >= 4 is 49.0 Å². The Balaban J connectivity index is 1.66. The van der Waals surface area contributed by atoms with Gasteiger partial charge < -0.3 is 5.32 Å². The number of carbonyl (C=O) groups excluding carboxylic acids is 1. The fourth-order valence-electron chi connectivity index (χ4n) is 2.08. The van der Waals surface area contributed by atoms with E-state index in [0.29, 0.717) is 5.69 Å². The number of anilines is 2. The van der Waals surface area contributed by atoms with Crippen molar-refractivity contribution in [2.75, 3.05) is 16.3 Å². The summed E-state index contributed by atoms with van der Waals surface area (Å²) in [6, 6.07) is 5.48. The van der Waals surface area contributed by atoms with Crippen LogP contribution in [0.4, 0.5) is 11.5 Å². The molecular formula is C13H14N6O3S2. The summed E-state index contributed by atoms with van der Waals surface area (Å²) in [5, 5.41) is 11.1. The Morgan fingerprint density at radius 2 is 2.17 bits per heavy atom. The van der Waals surface area contributed by atoms with E-state index in [1.807, 2.05) is 19.1 Å². The largest absolute Gasteiger partial charge is 0.324 e. The Hall–Kier alpha value is -2.53. The second-order valence-electron chi connectivity index (χ2n) is 5.14. The van der Waals surface area contributed by atoms with Crippen molar-refractivity contribution in [3.05, 3.63) is 29.4 Å². The zero-order valence-corrected chi connectivity index (χ0v) is 14.5. The minimum atomic E-state index is -3.43. The third-order valence-electron chi connectivity index (χ3n) is 2.91. The third-order valence-corrected chi connectivity index (χ3v) is 4.43. The van der Waals surface area contributed by atoms with E-state index in [1.54, 1.807) is 17.4 Å². The van der Waals surface area contributed by atoms with Gasteiger partial charge >= 0.3 is 0 Å². The number of hydrogen-bond acceptors (Lipinski definition) is 7. The molecule has 0 saturated carbocycles. The Morgan fingerprint density at radius 1 is 1.38 bits per heavy atom. The lowest BCUT2D eigenvalue weighted by Crippen LogP contribution is -2.19. The van der Waals surface area contributed by atoms with Crippen LogP contribution in [0.15, 0.2) is 24.4 Å². The molecule has 3 aromatic rings.